The molecule has 0 unspecified atom stereocenters. The Kier molecular flexibility index (Phi) is 4.45. The third kappa shape index (κ3) is 3.63. The van der Waals surface area contributed by atoms with Crippen molar-refractivity contribution in [2.45, 2.75) is 19.9 Å². The summed E-state index contributed by atoms with van der Waals surface area (Å²) < 4.78 is 14.7. The number of rotatable bonds is 4. The number of nitrogens with one attached hydrogen (secondary N) is 2. The number of carbonyl (C=O) groups excluding carboxylic acids is 1. The van der Waals surface area contributed by atoms with Gasteiger partial charge < -0.3 is 20.3 Å². The van der Waals surface area contributed by atoms with Crippen LogP contribution in [-0.4, -0.2) is 27.7 Å². The van der Waals surface area contributed by atoms with Crippen LogP contribution < -0.4 is 10.6 Å². The molecule has 1 heterocycles. The molecule has 3 N–H and O–H groups in total. The second-order valence-electron chi connectivity index (χ2n) is 5.03. The number of benzene rings is 1. The van der Waals surface area contributed by atoms with Crippen LogP contribution >= 0.6 is 0 Å². The van der Waals surface area contributed by atoms with E-state index in [2.05, 4.69) is 10.6 Å². The minimum atomic E-state index is -1.19. The molecule has 1 aromatic heterocycles. The van der Waals surface area contributed by atoms with Crippen molar-refractivity contribution in [2.24, 2.45) is 0 Å². The highest BCUT2D eigenvalue weighted by molar-refractivity contribution is 6.00. The van der Waals surface area contributed by atoms with Crippen LogP contribution in [-0.2, 0) is 0 Å². The number of halogens is 1. The van der Waals surface area contributed by atoms with E-state index in [-0.39, 0.29) is 17.3 Å². The van der Waals surface area contributed by atoms with E-state index in [0.717, 1.165) is 0 Å². The Labute approximate surface area is 126 Å². The van der Waals surface area contributed by atoms with Gasteiger partial charge in [0.15, 0.2) is 0 Å². The van der Waals surface area contributed by atoms with Crippen LogP contribution in [0.4, 0.5) is 14.9 Å². The molecule has 22 heavy (non-hydrogen) atoms. The van der Waals surface area contributed by atoms with Gasteiger partial charge in [0.25, 0.3) is 0 Å². The first kappa shape index (κ1) is 15.6. The third-order valence-electron chi connectivity index (χ3n) is 2.83. The number of aromatic nitrogens is 1. The molecule has 116 valence electrons. The van der Waals surface area contributed by atoms with Gasteiger partial charge in [0.1, 0.15) is 11.4 Å². The molecule has 0 atom stereocenters. The molecule has 0 saturated carbocycles. The number of carboxylic acids is 1. The molecule has 0 saturated heterocycles. The highest BCUT2D eigenvalue weighted by Crippen LogP contribution is 2.21. The zero-order valence-electron chi connectivity index (χ0n) is 12.1. The Morgan fingerprint density at radius 3 is 2.59 bits per heavy atom. The van der Waals surface area contributed by atoms with E-state index in [9.17, 15) is 19.1 Å². The van der Waals surface area contributed by atoms with Gasteiger partial charge in [-0.25, -0.2) is 14.0 Å². The third-order valence-corrected chi connectivity index (χ3v) is 2.83. The van der Waals surface area contributed by atoms with E-state index < -0.39 is 17.8 Å². The van der Waals surface area contributed by atoms with E-state index in [1.807, 2.05) is 0 Å². The van der Waals surface area contributed by atoms with Gasteiger partial charge in [-0.2, -0.15) is 0 Å². The number of urea groups is 1. The highest BCUT2D eigenvalue weighted by Gasteiger charge is 2.16. The number of hydrogen-bond acceptors (Lipinski definition) is 2. The molecule has 7 heteroatoms. The van der Waals surface area contributed by atoms with Gasteiger partial charge in [-0.15, -0.1) is 0 Å². The molecule has 0 aliphatic carbocycles. The first-order valence-corrected chi connectivity index (χ1v) is 6.65. The maximum atomic E-state index is 13.3. The maximum absolute atomic E-state index is 13.3. The molecule has 0 radical (unpaired) electrons. The normalized spacial score (nSPS) is 10.5. The first-order chi connectivity index (χ1) is 10.4. The predicted molar refractivity (Wildman–Crippen MR) is 80.0 cm³/mol. The summed E-state index contributed by atoms with van der Waals surface area (Å²) in [4.78, 5) is 23.0. The van der Waals surface area contributed by atoms with Crippen molar-refractivity contribution in [3.8, 4) is 5.69 Å². The SMILES string of the molecule is CC(C)NC(=O)Nc1cn(-c2cccc(F)c2)cc1C(=O)O. The van der Waals surface area contributed by atoms with Crippen LogP contribution in [0.5, 0.6) is 0 Å². The second kappa shape index (κ2) is 6.30. The van der Waals surface area contributed by atoms with Crippen molar-refractivity contribution in [2.75, 3.05) is 5.32 Å². The Hall–Kier alpha value is -2.83. The van der Waals surface area contributed by atoms with Crippen molar-refractivity contribution in [3.05, 3.63) is 48.0 Å². The Morgan fingerprint density at radius 1 is 1.27 bits per heavy atom. The highest BCUT2D eigenvalue weighted by atomic mass is 19.1. The molecular formula is C15H16FN3O3. The molecule has 0 fully saturated rings. The summed E-state index contributed by atoms with van der Waals surface area (Å²) in [6, 6.07) is 5.12. The molecule has 2 amide bonds. The lowest BCUT2D eigenvalue weighted by atomic mass is 10.3. The number of hydrogen-bond donors (Lipinski definition) is 3. The van der Waals surface area contributed by atoms with Crippen LogP contribution in [0.2, 0.25) is 0 Å². The van der Waals surface area contributed by atoms with Gasteiger partial charge in [0.05, 0.1) is 5.69 Å². The number of nitrogens with zero attached hydrogens (tertiary/aromatic N) is 1. The second-order valence-corrected chi connectivity index (χ2v) is 5.03. The minimum absolute atomic E-state index is 0.0804. The standard InChI is InChI=1S/C15H16FN3O3/c1-9(2)17-15(22)18-13-8-19(7-12(13)14(20)21)11-5-3-4-10(16)6-11/h3-9H,1-2H3,(H,20,21)(H2,17,18,22). The molecule has 0 bridgehead atoms. The van der Waals surface area contributed by atoms with Gasteiger partial charge in [-0.05, 0) is 32.0 Å². The van der Waals surface area contributed by atoms with E-state index >= 15 is 0 Å². The first-order valence-electron chi connectivity index (χ1n) is 6.65. The number of carbonyl (C=O) groups is 2. The summed E-state index contributed by atoms with van der Waals surface area (Å²) in [5.41, 5.74) is 0.512. The topological polar surface area (TPSA) is 83.4 Å². The summed E-state index contributed by atoms with van der Waals surface area (Å²) in [5, 5.41) is 14.3. The Morgan fingerprint density at radius 2 is 2.00 bits per heavy atom. The molecule has 1 aromatic carbocycles. The zero-order chi connectivity index (χ0) is 16.3. The number of carboxylic acid groups (broad SMARTS) is 1. The summed E-state index contributed by atoms with van der Waals surface area (Å²) in [5.74, 6) is -1.62. The lowest BCUT2D eigenvalue weighted by Gasteiger charge is -2.09. The average molecular weight is 305 g/mol. The van der Waals surface area contributed by atoms with E-state index in [0.29, 0.717) is 5.69 Å². The van der Waals surface area contributed by atoms with Crippen LogP contribution in [0.3, 0.4) is 0 Å². The van der Waals surface area contributed by atoms with E-state index in [4.69, 9.17) is 0 Å². The lowest BCUT2D eigenvalue weighted by molar-refractivity contribution is 0.0698. The van der Waals surface area contributed by atoms with Gasteiger partial charge in [-0.1, -0.05) is 6.07 Å². The van der Waals surface area contributed by atoms with Crippen molar-refractivity contribution in [1.82, 2.24) is 9.88 Å². The van der Waals surface area contributed by atoms with Crippen molar-refractivity contribution in [1.29, 1.82) is 0 Å². The molecule has 0 aliphatic heterocycles. The maximum Gasteiger partial charge on any atom is 0.339 e. The molecular weight excluding hydrogens is 289 g/mol. The summed E-state index contributed by atoms with van der Waals surface area (Å²) in [6.45, 7) is 3.57. The fourth-order valence-electron chi connectivity index (χ4n) is 1.93. The van der Waals surface area contributed by atoms with E-state index in [1.165, 1.54) is 35.2 Å². The van der Waals surface area contributed by atoms with Crippen molar-refractivity contribution >= 4 is 17.7 Å². The quantitative estimate of drug-likeness (QED) is 0.812. The summed E-state index contributed by atoms with van der Waals surface area (Å²) in [7, 11) is 0. The number of anilines is 1. The van der Waals surface area contributed by atoms with Crippen LogP contribution in [0.15, 0.2) is 36.7 Å². The smallest absolute Gasteiger partial charge is 0.339 e. The lowest BCUT2D eigenvalue weighted by Crippen LogP contribution is -2.34. The van der Waals surface area contributed by atoms with Crippen molar-refractivity contribution < 1.29 is 19.1 Å². The van der Waals surface area contributed by atoms with Crippen LogP contribution in [0, 0.1) is 5.82 Å². The molecule has 0 aliphatic rings. The Balaban J connectivity index is 2.34. The average Bonchev–Trinajstić information content (AvgIpc) is 2.81. The number of amides is 2. The van der Waals surface area contributed by atoms with Crippen LogP contribution in [0.25, 0.3) is 5.69 Å². The minimum Gasteiger partial charge on any atom is -0.478 e. The van der Waals surface area contributed by atoms with Crippen LogP contribution in [0.1, 0.15) is 24.2 Å². The van der Waals surface area contributed by atoms with E-state index in [1.54, 1.807) is 19.9 Å². The van der Waals surface area contributed by atoms with Gasteiger partial charge >= 0.3 is 12.0 Å². The molecule has 2 rings (SSSR count). The number of aromatic carboxylic acids is 1. The largest absolute Gasteiger partial charge is 0.478 e. The fourth-order valence-corrected chi connectivity index (χ4v) is 1.93. The molecule has 0 spiro atoms. The fraction of sp³-hybridized carbons (Fsp3) is 0.200. The summed E-state index contributed by atoms with van der Waals surface area (Å²) >= 11 is 0. The zero-order valence-corrected chi connectivity index (χ0v) is 12.1. The van der Waals surface area contributed by atoms with Gasteiger partial charge in [0.2, 0.25) is 0 Å². The summed E-state index contributed by atoms with van der Waals surface area (Å²) in [6.07, 6.45) is 2.75. The predicted octanol–water partition coefficient (Wildman–Crippen LogP) is 2.84. The monoisotopic (exact) mass is 305 g/mol. The van der Waals surface area contributed by atoms with Gasteiger partial charge in [-0.3, -0.25) is 0 Å². The Bertz CT molecular complexity index is 710. The van der Waals surface area contributed by atoms with Crippen molar-refractivity contribution in [3.63, 3.8) is 0 Å². The molecule has 6 nitrogen and oxygen atoms in total. The molecule has 2 aromatic rings. The van der Waals surface area contributed by atoms with Gasteiger partial charge in [0, 0.05) is 24.1 Å².